The SMILES string of the molecule is CCCC[N+](C)(C)CCOCCOCC[N+](C)(C)CCCO. The molecule has 0 aromatic carbocycles. The number of ether oxygens (including phenoxy) is 2. The van der Waals surface area contributed by atoms with Crippen molar-refractivity contribution in [2.75, 3.05) is 87.4 Å². The van der Waals surface area contributed by atoms with Crippen LogP contribution in [0.5, 0.6) is 0 Å². The van der Waals surface area contributed by atoms with Crippen LogP contribution in [0.3, 0.4) is 0 Å². The van der Waals surface area contributed by atoms with Crippen LogP contribution in [0.1, 0.15) is 26.2 Å². The number of nitrogens with zero attached hydrogens (tertiary/aromatic N) is 2. The van der Waals surface area contributed by atoms with Gasteiger partial charge in [-0.2, -0.15) is 0 Å². The van der Waals surface area contributed by atoms with Crippen LogP contribution >= 0.6 is 0 Å². The van der Waals surface area contributed by atoms with Crippen LogP contribution in [0.15, 0.2) is 0 Å². The Balaban J connectivity index is 3.47. The molecule has 0 heterocycles. The van der Waals surface area contributed by atoms with E-state index in [4.69, 9.17) is 14.6 Å². The van der Waals surface area contributed by atoms with E-state index in [1.807, 2.05) is 0 Å². The van der Waals surface area contributed by atoms with Gasteiger partial charge in [0.25, 0.3) is 0 Å². The standard InChI is InChI=1S/C17H40N2O3/c1-6-7-9-18(2,3)11-14-21-16-17-22-15-12-19(4,5)10-8-13-20/h20H,6-17H2,1-5H3/q+2. The Morgan fingerprint density at radius 1 is 0.682 bits per heavy atom. The van der Waals surface area contributed by atoms with Crippen molar-refractivity contribution >= 4 is 0 Å². The Kier molecular flexibility index (Phi) is 12.1. The van der Waals surface area contributed by atoms with Gasteiger partial charge in [0.05, 0.1) is 67.7 Å². The largest absolute Gasteiger partial charge is 0.396 e. The molecule has 0 saturated carbocycles. The summed E-state index contributed by atoms with van der Waals surface area (Å²) in [6.45, 7) is 9.64. The molecule has 0 spiro atoms. The van der Waals surface area contributed by atoms with Gasteiger partial charge >= 0.3 is 0 Å². The quantitative estimate of drug-likeness (QED) is 0.366. The zero-order chi connectivity index (χ0) is 16.9. The van der Waals surface area contributed by atoms with Crippen molar-refractivity contribution in [3.63, 3.8) is 0 Å². The van der Waals surface area contributed by atoms with Crippen LogP contribution in [-0.4, -0.2) is 101 Å². The molecule has 0 fully saturated rings. The molecule has 0 bridgehead atoms. The predicted molar refractivity (Wildman–Crippen MR) is 91.9 cm³/mol. The average molecular weight is 321 g/mol. The number of rotatable bonds is 15. The molecule has 0 aliphatic rings. The molecule has 0 aromatic rings. The average Bonchev–Trinajstić information content (AvgIpc) is 2.46. The van der Waals surface area contributed by atoms with Gasteiger partial charge in [-0.25, -0.2) is 0 Å². The molecule has 0 aromatic heterocycles. The number of unbranched alkanes of at least 4 members (excludes halogenated alkanes) is 1. The van der Waals surface area contributed by atoms with Gasteiger partial charge in [-0.3, -0.25) is 0 Å². The van der Waals surface area contributed by atoms with E-state index >= 15 is 0 Å². The lowest BCUT2D eigenvalue weighted by Gasteiger charge is -2.30. The predicted octanol–water partition coefficient (Wildman–Crippen LogP) is 1.35. The van der Waals surface area contributed by atoms with Gasteiger partial charge in [0.1, 0.15) is 13.1 Å². The summed E-state index contributed by atoms with van der Waals surface area (Å²) >= 11 is 0. The summed E-state index contributed by atoms with van der Waals surface area (Å²) in [5.74, 6) is 0. The summed E-state index contributed by atoms with van der Waals surface area (Å²) in [6.07, 6.45) is 3.38. The van der Waals surface area contributed by atoms with Crippen LogP contribution < -0.4 is 0 Å². The molecule has 0 aliphatic heterocycles. The smallest absolute Gasteiger partial charge is 0.102 e. The summed E-state index contributed by atoms with van der Waals surface area (Å²) in [6, 6.07) is 0. The van der Waals surface area contributed by atoms with Gasteiger partial charge in [-0.05, 0) is 6.42 Å². The van der Waals surface area contributed by atoms with Crippen LogP contribution in [0.4, 0.5) is 0 Å². The summed E-state index contributed by atoms with van der Waals surface area (Å²) in [4.78, 5) is 0. The minimum atomic E-state index is 0.267. The number of hydrogen-bond acceptors (Lipinski definition) is 3. The van der Waals surface area contributed by atoms with Gasteiger partial charge in [-0.1, -0.05) is 13.3 Å². The molecule has 5 nitrogen and oxygen atoms in total. The van der Waals surface area contributed by atoms with Crippen molar-refractivity contribution in [3.8, 4) is 0 Å². The second-order valence-electron chi connectivity index (χ2n) is 7.42. The van der Waals surface area contributed by atoms with Gasteiger partial charge in [0, 0.05) is 13.0 Å². The summed E-state index contributed by atoms with van der Waals surface area (Å²) in [5, 5.41) is 8.87. The van der Waals surface area contributed by atoms with Crippen molar-refractivity contribution in [2.45, 2.75) is 26.2 Å². The molecule has 134 valence electrons. The Hall–Kier alpha value is -0.200. The van der Waals surface area contributed by atoms with Crippen molar-refractivity contribution in [2.24, 2.45) is 0 Å². The lowest BCUT2D eigenvalue weighted by atomic mass is 10.3. The summed E-state index contributed by atoms with van der Waals surface area (Å²) in [5.41, 5.74) is 0. The second-order valence-corrected chi connectivity index (χ2v) is 7.42. The summed E-state index contributed by atoms with van der Waals surface area (Å²) in [7, 11) is 8.88. The number of hydrogen-bond donors (Lipinski definition) is 1. The van der Waals surface area contributed by atoms with Gasteiger partial charge < -0.3 is 23.5 Å². The molecule has 0 atom stereocenters. The van der Waals surface area contributed by atoms with Crippen LogP contribution in [0, 0.1) is 0 Å². The number of aliphatic hydroxyl groups is 1. The van der Waals surface area contributed by atoms with E-state index in [1.165, 1.54) is 19.4 Å². The van der Waals surface area contributed by atoms with Crippen molar-refractivity contribution < 1.29 is 23.5 Å². The molecule has 5 heteroatoms. The van der Waals surface area contributed by atoms with Crippen LogP contribution in [-0.2, 0) is 9.47 Å². The third-order valence-corrected chi connectivity index (χ3v) is 4.09. The molecule has 0 amide bonds. The lowest BCUT2D eigenvalue weighted by Crippen LogP contribution is -2.43. The first-order chi connectivity index (χ1) is 10.3. The first-order valence-electron chi connectivity index (χ1n) is 8.73. The Morgan fingerprint density at radius 3 is 1.55 bits per heavy atom. The van der Waals surface area contributed by atoms with E-state index in [0.717, 1.165) is 48.2 Å². The van der Waals surface area contributed by atoms with Gasteiger partial charge in [0.2, 0.25) is 0 Å². The zero-order valence-electron chi connectivity index (χ0n) is 15.6. The van der Waals surface area contributed by atoms with Crippen LogP contribution in [0.25, 0.3) is 0 Å². The highest BCUT2D eigenvalue weighted by atomic mass is 16.5. The Bertz CT molecular complexity index is 232. The number of quaternary nitrogens is 2. The Morgan fingerprint density at radius 2 is 1.14 bits per heavy atom. The molecular formula is C17H40N2O3+2. The van der Waals surface area contributed by atoms with E-state index < -0.39 is 0 Å². The maximum absolute atomic E-state index is 8.87. The van der Waals surface area contributed by atoms with Crippen molar-refractivity contribution in [1.29, 1.82) is 0 Å². The third kappa shape index (κ3) is 13.5. The number of aliphatic hydroxyl groups excluding tert-OH is 1. The molecular weight excluding hydrogens is 280 g/mol. The van der Waals surface area contributed by atoms with E-state index in [9.17, 15) is 0 Å². The zero-order valence-corrected chi connectivity index (χ0v) is 15.6. The second kappa shape index (κ2) is 12.3. The van der Waals surface area contributed by atoms with Crippen LogP contribution in [0.2, 0.25) is 0 Å². The van der Waals surface area contributed by atoms with E-state index in [-0.39, 0.29) is 6.61 Å². The molecule has 22 heavy (non-hydrogen) atoms. The molecule has 1 N–H and O–H groups in total. The molecule has 0 rings (SSSR count). The highest BCUT2D eigenvalue weighted by Gasteiger charge is 2.14. The minimum absolute atomic E-state index is 0.267. The topological polar surface area (TPSA) is 38.7 Å². The van der Waals surface area contributed by atoms with E-state index in [0.29, 0.717) is 13.2 Å². The third-order valence-electron chi connectivity index (χ3n) is 4.09. The van der Waals surface area contributed by atoms with Crippen molar-refractivity contribution in [3.05, 3.63) is 0 Å². The molecule has 0 radical (unpaired) electrons. The molecule has 0 saturated heterocycles. The molecule has 0 aliphatic carbocycles. The lowest BCUT2D eigenvalue weighted by molar-refractivity contribution is -0.891. The van der Waals surface area contributed by atoms with Crippen molar-refractivity contribution in [1.82, 2.24) is 0 Å². The van der Waals surface area contributed by atoms with E-state index in [2.05, 4.69) is 35.1 Å². The highest BCUT2D eigenvalue weighted by molar-refractivity contribution is 4.39. The van der Waals surface area contributed by atoms with E-state index in [1.54, 1.807) is 0 Å². The fourth-order valence-corrected chi connectivity index (χ4v) is 2.25. The van der Waals surface area contributed by atoms with Gasteiger partial charge in [0.15, 0.2) is 0 Å². The maximum atomic E-state index is 8.87. The fourth-order valence-electron chi connectivity index (χ4n) is 2.25. The first kappa shape index (κ1) is 21.8. The monoisotopic (exact) mass is 320 g/mol. The first-order valence-corrected chi connectivity index (χ1v) is 8.73. The molecule has 0 unspecified atom stereocenters. The Labute approximate surface area is 138 Å². The minimum Gasteiger partial charge on any atom is -0.396 e. The summed E-state index contributed by atoms with van der Waals surface area (Å²) < 4.78 is 13.2. The fraction of sp³-hybridized carbons (Fsp3) is 1.00. The maximum Gasteiger partial charge on any atom is 0.102 e. The highest BCUT2D eigenvalue weighted by Crippen LogP contribution is 2.01. The number of likely N-dealkylation sites (N-methyl/N-ethyl adjacent to an activating group) is 2. The normalized spacial score (nSPS) is 12.8. The van der Waals surface area contributed by atoms with Gasteiger partial charge in [-0.15, -0.1) is 0 Å².